The lowest BCUT2D eigenvalue weighted by Gasteiger charge is -2.14. The predicted octanol–water partition coefficient (Wildman–Crippen LogP) is 3.28. The SMILES string of the molecule is Cl.Fc1cc(C2=CCNCC2)ccc1Cl. The number of hydrogen-bond donors (Lipinski definition) is 1. The third-order valence-corrected chi connectivity index (χ3v) is 2.66. The molecule has 1 aliphatic heterocycles. The third kappa shape index (κ3) is 2.94. The van der Waals surface area contributed by atoms with Crippen LogP contribution in [0.5, 0.6) is 0 Å². The van der Waals surface area contributed by atoms with Crippen molar-refractivity contribution in [2.75, 3.05) is 13.1 Å². The van der Waals surface area contributed by atoms with Gasteiger partial charge in [-0.25, -0.2) is 4.39 Å². The van der Waals surface area contributed by atoms with Crippen LogP contribution in [0.2, 0.25) is 5.02 Å². The van der Waals surface area contributed by atoms with Crippen LogP contribution in [-0.2, 0) is 0 Å². The molecule has 0 saturated heterocycles. The van der Waals surface area contributed by atoms with Gasteiger partial charge in [0.05, 0.1) is 5.02 Å². The van der Waals surface area contributed by atoms with E-state index < -0.39 is 0 Å². The lowest BCUT2D eigenvalue weighted by Crippen LogP contribution is -2.20. The van der Waals surface area contributed by atoms with Crippen molar-refractivity contribution in [3.05, 3.63) is 40.7 Å². The van der Waals surface area contributed by atoms with Crippen LogP contribution in [0, 0.1) is 5.82 Å². The van der Waals surface area contributed by atoms with E-state index in [1.165, 1.54) is 11.6 Å². The molecule has 1 heterocycles. The highest BCUT2D eigenvalue weighted by Crippen LogP contribution is 2.23. The van der Waals surface area contributed by atoms with Gasteiger partial charge in [0.2, 0.25) is 0 Å². The molecule has 0 bridgehead atoms. The van der Waals surface area contributed by atoms with E-state index >= 15 is 0 Å². The van der Waals surface area contributed by atoms with Gasteiger partial charge in [0.1, 0.15) is 5.82 Å². The summed E-state index contributed by atoms with van der Waals surface area (Å²) >= 11 is 5.61. The van der Waals surface area contributed by atoms with Gasteiger partial charge < -0.3 is 5.32 Å². The van der Waals surface area contributed by atoms with Gasteiger partial charge in [0.15, 0.2) is 0 Å². The van der Waals surface area contributed by atoms with Crippen molar-refractivity contribution in [3.8, 4) is 0 Å². The van der Waals surface area contributed by atoms with Gasteiger partial charge in [-0.3, -0.25) is 0 Å². The Hall–Kier alpha value is -0.570. The molecule has 0 saturated carbocycles. The summed E-state index contributed by atoms with van der Waals surface area (Å²) in [4.78, 5) is 0. The van der Waals surface area contributed by atoms with E-state index in [1.807, 2.05) is 6.07 Å². The summed E-state index contributed by atoms with van der Waals surface area (Å²) < 4.78 is 13.2. The zero-order valence-corrected chi connectivity index (χ0v) is 9.67. The number of halogens is 3. The van der Waals surface area contributed by atoms with Crippen LogP contribution >= 0.6 is 24.0 Å². The van der Waals surface area contributed by atoms with Crippen molar-refractivity contribution < 1.29 is 4.39 Å². The molecule has 2 rings (SSSR count). The summed E-state index contributed by atoms with van der Waals surface area (Å²) in [5.74, 6) is -0.344. The lowest BCUT2D eigenvalue weighted by molar-refractivity contribution is 0.627. The quantitative estimate of drug-likeness (QED) is 0.804. The van der Waals surface area contributed by atoms with Crippen molar-refractivity contribution in [2.45, 2.75) is 6.42 Å². The zero-order chi connectivity index (χ0) is 9.97. The molecule has 82 valence electrons. The molecular formula is C11H12Cl2FN. The fourth-order valence-electron chi connectivity index (χ4n) is 1.58. The third-order valence-electron chi connectivity index (χ3n) is 2.35. The smallest absolute Gasteiger partial charge is 0.142 e. The van der Waals surface area contributed by atoms with Gasteiger partial charge in [0, 0.05) is 6.54 Å². The first-order chi connectivity index (χ1) is 6.77. The highest BCUT2D eigenvalue weighted by Gasteiger charge is 2.07. The molecule has 0 radical (unpaired) electrons. The Morgan fingerprint density at radius 1 is 1.33 bits per heavy atom. The molecule has 1 aromatic carbocycles. The molecule has 1 aliphatic rings. The van der Waals surface area contributed by atoms with E-state index in [0.717, 1.165) is 25.1 Å². The van der Waals surface area contributed by atoms with E-state index in [1.54, 1.807) is 6.07 Å². The summed E-state index contributed by atoms with van der Waals surface area (Å²) in [7, 11) is 0. The second-order valence-electron chi connectivity index (χ2n) is 3.31. The molecule has 0 fully saturated rings. The molecule has 15 heavy (non-hydrogen) atoms. The normalized spacial score (nSPS) is 15.5. The van der Waals surface area contributed by atoms with Crippen LogP contribution in [0.25, 0.3) is 5.57 Å². The van der Waals surface area contributed by atoms with E-state index in [2.05, 4.69) is 11.4 Å². The van der Waals surface area contributed by atoms with Crippen molar-refractivity contribution in [2.24, 2.45) is 0 Å². The van der Waals surface area contributed by atoms with Crippen LogP contribution in [0.4, 0.5) is 4.39 Å². The van der Waals surface area contributed by atoms with Crippen molar-refractivity contribution in [1.29, 1.82) is 0 Å². The number of rotatable bonds is 1. The molecule has 1 nitrogen and oxygen atoms in total. The van der Waals surface area contributed by atoms with Crippen molar-refractivity contribution in [1.82, 2.24) is 5.32 Å². The minimum Gasteiger partial charge on any atom is -0.313 e. The number of nitrogens with one attached hydrogen (secondary N) is 1. The molecule has 0 spiro atoms. The molecule has 0 atom stereocenters. The lowest BCUT2D eigenvalue weighted by atomic mass is 10.0. The first kappa shape index (κ1) is 12.5. The molecule has 0 amide bonds. The summed E-state index contributed by atoms with van der Waals surface area (Å²) in [6.45, 7) is 1.82. The molecule has 1 N–H and O–H groups in total. The second-order valence-corrected chi connectivity index (χ2v) is 3.72. The van der Waals surface area contributed by atoms with Crippen LogP contribution in [0.1, 0.15) is 12.0 Å². The van der Waals surface area contributed by atoms with Gasteiger partial charge in [-0.05, 0) is 36.2 Å². The Balaban J connectivity index is 0.00000112. The topological polar surface area (TPSA) is 12.0 Å². The van der Waals surface area contributed by atoms with Crippen LogP contribution in [-0.4, -0.2) is 13.1 Å². The molecule has 1 aromatic rings. The van der Waals surface area contributed by atoms with E-state index in [4.69, 9.17) is 11.6 Å². The first-order valence-electron chi connectivity index (χ1n) is 4.62. The summed E-state index contributed by atoms with van der Waals surface area (Å²) in [6, 6.07) is 4.97. The molecular weight excluding hydrogens is 236 g/mol. The fraction of sp³-hybridized carbons (Fsp3) is 0.273. The van der Waals surface area contributed by atoms with Gasteiger partial charge in [0.25, 0.3) is 0 Å². The zero-order valence-electron chi connectivity index (χ0n) is 8.09. The van der Waals surface area contributed by atoms with Gasteiger partial charge in [-0.15, -0.1) is 12.4 Å². The Kier molecular flexibility index (Phi) is 4.58. The molecule has 0 aliphatic carbocycles. The Morgan fingerprint density at radius 3 is 2.73 bits per heavy atom. The average molecular weight is 248 g/mol. The average Bonchev–Trinajstić information content (AvgIpc) is 2.23. The summed E-state index contributed by atoms with van der Waals surface area (Å²) in [5.41, 5.74) is 2.13. The molecule has 0 aromatic heterocycles. The van der Waals surface area contributed by atoms with E-state index in [-0.39, 0.29) is 23.2 Å². The fourth-order valence-corrected chi connectivity index (χ4v) is 1.70. The van der Waals surface area contributed by atoms with Gasteiger partial charge in [-0.1, -0.05) is 23.7 Å². The Labute approximate surface area is 99.7 Å². The summed E-state index contributed by atoms with van der Waals surface area (Å²) in [6.07, 6.45) is 3.03. The maximum absolute atomic E-state index is 13.2. The van der Waals surface area contributed by atoms with E-state index in [0.29, 0.717) is 0 Å². The highest BCUT2D eigenvalue weighted by molar-refractivity contribution is 6.30. The summed E-state index contributed by atoms with van der Waals surface area (Å²) in [5, 5.41) is 3.40. The Bertz CT molecular complexity index is 377. The second kappa shape index (κ2) is 5.50. The predicted molar refractivity (Wildman–Crippen MR) is 64.1 cm³/mol. The first-order valence-corrected chi connectivity index (χ1v) is 5.00. The molecule has 4 heteroatoms. The highest BCUT2D eigenvalue weighted by atomic mass is 35.5. The maximum Gasteiger partial charge on any atom is 0.142 e. The number of hydrogen-bond acceptors (Lipinski definition) is 1. The largest absolute Gasteiger partial charge is 0.313 e. The van der Waals surface area contributed by atoms with E-state index in [9.17, 15) is 4.39 Å². The maximum atomic E-state index is 13.2. The van der Waals surface area contributed by atoms with Crippen molar-refractivity contribution in [3.63, 3.8) is 0 Å². The van der Waals surface area contributed by atoms with Gasteiger partial charge in [-0.2, -0.15) is 0 Å². The van der Waals surface area contributed by atoms with Crippen molar-refractivity contribution >= 4 is 29.6 Å². The van der Waals surface area contributed by atoms with Crippen LogP contribution in [0.3, 0.4) is 0 Å². The number of benzene rings is 1. The van der Waals surface area contributed by atoms with Gasteiger partial charge >= 0.3 is 0 Å². The Morgan fingerprint density at radius 2 is 2.13 bits per heavy atom. The van der Waals surface area contributed by atoms with Crippen LogP contribution < -0.4 is 5.32 Å². The minimum absolute atomic E-state index is 0. The minimum atomic E-state index is -0.344. The molecule has 0 unspecified atom stereocenters. The monoisotopic (exact) mass is 247 g/mol. The standard InChI is InChI=1S/C11H11ClFN.ClH/c12-10-2-1-9(7-11(10)13)8-3-5-14-6-4-8;/h1-3,7,14H,4-6H2;1H. The van der Waals surface area contributed by atoms with Crippen LogP contribution in [0.15, 0.2) is 24.3 Å².